The van der Waals surface area contributed by atoms with E-state index in [-0.39, 0.29) is 13.1 Å². The van der Waals surface area contributed by atoms with E-state index < -0.39 is 53.3 Å². The molecule has 2 atom stereocenters. The predicted octanol–water partition coefficient (Wildman–Crippen LogP) is 1.29. The third-order valence-electron chi connectivity index (χ3n) is 5.48. The van der Waals surface area contributed by atoms with Crippen LogP contribution >= 0.6 is 0 Å². The number of halogens is 3. The van der Waals surface area contributed by atoms with E-state index in [1.54, 1.807) is 0 Å². The van der Waals surface area contributed by atoms with Crippen molar-refractivity contribution < 1.29 is 37.1 Å². The number of amides is 2. The molecule has 0 radical (unpaired) electrons. The van der Waals surface area contributed by atoms with Gasteiger partial charge in [-0.2, -0.15) is 13.2 Å². The van der Waals surface area contributed by atoms with E-state index >= 15 is 0 Å². The molecule has 8 nitrogen and oxygen atoms in total. The van der Waals surface area contributed by atoms with Crippen LogP contribution in [0.2, 0.25) is 0 Å². The van der Waals surface area contributed by atoms with Crippen LogP contribution in [0.3, 0.4) is 0 Å². The highest BCUT2D eigenvalue weighted by molar-refractivity contribution is 5.95. The lowest BCUT2D eigenvalue weighted by Crippen LogP contribution is -2.50. The molecular formula is C21H30F3N3O5. The number of esters is 2. The van der Waals surface area contributed by atoms with E-state index in [1.807, 2.05) is 32.8 Å². The maximum absolute atomic E-state index is 12.9. The first-order valence-corrected chi connectivity index (χ1v) is 10.1. The highest BCUT2D eigenvalue weighted by atomic mass is 19.4. The number of rotatable bonds is 5. The molecule has 1 saturated heterocycles. The molecule has 180 valence electrons. The second kappa shape index (κ2) is 10.3. The highest BCUT2D eigenvalue weighted by Crippen LogP contribution is 2.23. The molecule has 0 bridgehead atoms. The molecule has 0 saturated carbocycles. The van der Waals surface area contributed by atoms with Crippen molar-refractivity contribution in [2.24, 2.45) is 11.8 Å². The number of hydrogen-bond acceptors (Lipinski definition) is 6. The van der Waals surface area contributed by atoms with Crippen molar-refractivity contribution in [3.05, 3.63) is 0 Å². The van der Waals surface area contributed by atoms with E-state index in [1.165, 1.54) is 25.8 Å². The zero-order valence-electron chi connectivity index (χ0n) is 19.4. The van der Waals surface area contributed by atoms with Gasteiger partial charge in [-0.3, -0.25) is 14.5 Å². The molecule has 2 amide bonds. The van der Waals surface area contributed by atoms with Crippen molar-refractivity contribution in [2.75, 3.05) is 34.2 Å². The second-order valence-corrected chi connectivity index (χ2v) is 8.78. The molecule has 1 aliphatic heterocycles. The number of likely N-dealkylation sites (N-methyl/N-ethyl adjacent to an activating group) is 1. The van der Waals surface area contributed by atoms with Gasteiger partial charge in [0.1, 0.15) is 6.04 Å². The predicted molar refractivity (Wildman–Crippen MR) is 109 cm³/mol. The summed E-state index contributed by atoms with van der Waals surface area (Å²) in [7, 11) is 4.92. The van der Waals surface area contributed by atoms with Crippen LogP contribution < -0.4 is 0 Å². The molecule has 11 heteroatoms. The van der Waals surface area contributed by atoms with Crippen LogP contribution in [0.15, 0.2) is 0 Å². The number of alkyl halides is 3. The number of ether oxygens (including phenoxy) is 1. The van der Waals surface area contributed by atoms with Gasteiger partial charge >= 0.3 is 18.1 Å². The highest BCUT2D eigenvalue weighted by Gasteiger charge is 2.45. The average Bonchev–Trinajstić information content (AvgIpc) is 3.14. The molecule has 1 rings (SSSR count). The molecule has 0 aromatic carbocycles. The van der Waals surface area contributed by atoms with Crippen molar-refractivity contribution in [3.8, 4) is 11.8 Å². The first kappa shape index (κ1) is 27.4. The summed E-state index contributed by atoms with van der Waals surface area (Å²) in [4.78, 5) is 52.7. The van der Waals surface area contributed by atoms with Gasteiger partial charge in [0.25, 0.3) is 5.91 Å². The third-order valence-corrected chi connectivity index (χ3v) is 5.48. The minimum atomic E-state index is -5.33. The lowest BCUT2D eigenvalue weighted by Gasteiger charge is -2.31. The molecule has 0 unspecified atom stereocenters. The fourth-order valence-corrected chi connectivity index (χ4v) is 3.06. The fraction of sp³-hybridized carbons (Fsp3) is 0.714. The lowest BCUT2D eigenvalue weighted by molar-refractivity contribution is -0.204. The number of carbonyl (C=O) groups excluding carboxylic acids is 4. The Labute approximate surface area is 186 Å². The topological polar surface area (TPSA) is 87.2 Å². The van der Waals surface area contributed by atoms with Crippen LogP contribution in [-0.4, -0.2) is 90.4 Å². The summed E-state index contributed by atoms with van der Waals surface area (Å²) in [5.41, 5.74) is -0.524. The molecule has 0 aromatic rings. The molecule has 0 aromatic heterocycles. The molecule has 0 N–H and O–H groups in total. The Morgan fingerprint density at radius 1 is 1.09 bits per heavy atom. The maximum Gasteiger partial charge on any atom is 0.491 e. The number of likely N-dealkylation sites (tertiary alicyclic amines) is 1. The van der Waals surface area contributed by atoms with Crippen LogP contribution in [0.4, 0.5) is 13.2 Å². The summed E-state index contributed by atoms with van der Waals surface area (Å²) >= 11 is 0. The normalized spacial score (nSPS) is 17.6. The van der Waals surface area contributed by atoms with Gasteiger partial charge in [0.15, 0.2) is 0 Å². The summed E-state index contributed by atoms with van der Waals surface area (Å²) in [6, 6.07) is -1.39. The Morgan fingerprint density at radius 3 is 2.12 bits per heavy atom. The van der Waals surface area contributed by atoms with Gasteiger partial charge < -0.3 is 14.5 Å². The zero-order valence-corrected chi connectivity index (χ0v) is 19.4. The molecule has 0 spiro atoms. The maximum atomic E-state index is 12.9. The lowest BCUT2D eigenvalue weighted by atomic mass is 10.00. The van der Waals surface area contributed by atoms with Crippen LogP contribution in [0, 0.1) is 23.7 Å². The van der Waals surface area contributed by atoms with Gasteiger partial charge in [-0.1, -0.05) is 19.8 Å². The Kier molecular flexibility index (Phi) is 8.86. The van der Waals surface area contributed by atoms with Crippen LogP contribution in [0.5, 0.6) is 0 Å². The van der Waals surface area contributed by atoms with E-state index in [0.29, 0.717) is 6.42 Å². The number of hydrogen-bond donors (Lipinski definition) is 0. The van der Waals surface area contributed by atoms with Crippen molar-refractivity contribution in [2.45, 2.75) is 51.9 Å². The SMILES string of the molecule is CC(C)[C@@H](C(=O)OC(=O)C(F)(F)F)N(C)C(=O)[C@H]1CCN(C(=O)C#CC(C)(C)N(C)C)C1. The molecule has 32 heavy (non-hydrogen) atoms. The number of nitrogens with zero attached hydrogens (tertiary/aromatic N) is 3. The zero-order chi connectivity index (χ0) is 25.0. The van der Waals surface area contributed by atoms with Gasteiger partial charge in [-0.05, 0) is 46.2 Å². The van der Waals surface area contributed by atoms with Crippen molar-refractivity contribution in [3.63, 3.8) is 0 Å². The quantitative estimate of drug-likeness (QED) is 0.349. The van der Waals surface area contributed by atoms with Crippen LogP contribution in [-0.2, 0) is 23.9 Å². The minimum absolute atomic E-state index is 0.0699. The second-order valence-electron chi connectivity index (χ2n) is 8.78. The van der Waals surface area contributed by atoms with Crippen LogP contribution in [0.25, 0.3) is 0 Å². The van der Waals surface area contributed by atoms with E-state index in [4.69, 9.17) is 0 Å². The first-order valence-electron chi connectivity index (χ1n) is 10.1. The summed E-state index contributed by atoms with van der Waals surface area (Å²) in [6.45, 7) is 7.09. The molecule has 1 fully saturated rings. The Morgan fingerprint density at radius 2 is 1.66 bits per heavy atom. The van der Waals surface area contributed by atoms with Crippen molar-refractivity contribution >= 4 is 23.8 Å². The van der Waals surface area contributed by atoms with Gasteiger partial charge in [0, 0.05) is 20.1 Å². The van der Waals surface area contributed by atoms with E-state index in [2.05, 4.69) is 16.6 Å². The molecule has 1 aliphatic rings. The van der Waals surface area contributed by atoms with Gasteiger partial charge in [0.2, 0.25) is 5.91 Å². The Bertz CT molecular complexity index is 812. The smallest absolute Gasteiger partial charge is 0.385 e. The fourth-order valence-electron chi connectivity index (χ4n) is 3.06. The van der Waals surface area contributed by atoms with Gasteiger partial charge in [0.05, 0.1) is 11.5 Å². The van der Waals surface area contributed by atoms with Crippen LogP contribution in [0.1, 0.15) is 34.1 Å². The summed E-state index contributed by atoms with van der Waals surface area (Å²) in [6.07, 6.45) is -5.01. The monoisotopic (exact) mass is 461 g/mol. The van der Waals surface area contributed by atoms with Crippen molar-refractivity contribution in [1.82, 2.24) is 14.7 Å². The minimum Gasteiger partial charge on any atom is -0.385 e. The molecule has 1 heterocycles. The molecule has 0 aliphatic carbocycles. The standard InChI is InChI=1S/C21H30F3N3O5/c1-13(2)16(18(30)32-19(31)21(22,23)24)26(7)17(29)14-9-11-27(12-14)15(28)8-10-20(3,4)25(5)6/h13-14,16H,9,11-12H2,1-7H3/t14-,16-/m0/s1. The first-order chi connectivity index (χ1) is 14.5. The Hall–Kier alpha value is -2.61. The van der Waals surface area contributed by atoms with Crippen molar-refractivity contribution in [1.29, 1.82) is 0 Å². The third kappa shape index (κ3) is 6.95. The summed E-state index contributed by atoms with van der Waals surface area (Å²) in [5.74, 6) is -0.859. The Balaban J connectivity index is 2.87. The van der Waals surface area contributed by atoms with E-state index in [9.17, 15) is 32.3 Å². The van der Waals surface area contributed by atoms with Gasteiger partial charge in [-0.25, -0.2) is 9.59 Å². The summed E-state index contributed by atoms with van der Waals surface area (Å²) in [5, 5.41) is 0. The summed E-state index contributed by atoms with van der Waals surface area (Å²) < 4.78 is 41.2. The largest absolute Gasteiger partial charge is 0.491 e. The molecular weight excluding hydrogens is 431 g/mol. The number of carbonyl (C=O) groups is 4. The van der Waals surface area contributed by atoms with Gasteiger partial charge in [-0.15, -0.1) is 0 Å². The average molecular weight is 461 g/mol. The van der Waals surface area contributed by atoms with E-state index in [0.717, 1.165) is 4.90 Å².